The van der Waals surface area contributed by atoms with E-state index >= 15 is 0 Å². The highest BCUT2D eigenvalue weighted by Gasteiger charge is 2.18. The Bertz CT molecular complexity index is 524. The number of nitrogens with one attached hydrogen (secondary N) is 1. The topological polar surface area (TPSA) is 88.2 Å². The first-order valence-electron chi connectivity index (χ1n) is 5.47. The number of aliphatic hydroxyl groups is 1. The van der Waals surface area contributed by atoms with E-state index in [9.17, 15) is 9.90 Å². The fourth-order valence-electron chi connectivity index (χ4n) is 1.53. The number of aromatic nitrogens is 2. The van der Waals surface area contributed by atoms with Gasteiger partial charge in [0.2, 0.25) is 5.89 Å². The van der Waals surface area contributed by atoms with Gasteiger partial charge < -0.3 is 14.9 Å². The molecule has 0 aliphatic carbocycles. The van der Waals surface area contributed by atoms with Gasteiger partial charge in [-0.15, -0.1) is 0 Å². The Morgan fingerprint density at radius 2 is 2.17 bits per heavy atom. The Kier molecular flexibility index (Phi) is 3.69. The molecule has 0 fully saturated rings. The van der Waals surface area contributed by atoms with Crippen LogP contribution in [0.4, 0.5) is 0 Å². The molecule has 1 amide bonds. The fraction of sp³-hybridized carbons (Fsp3) is 0.250. The molecule has 1 aromatic carbocycles. The van der Waals surface area contributed by atoms with E-state index in [0.717, 1.165) is 5.56 Å². The summed E-state index contributed by atoms with van der Waals surface area (Å²) in [5.41, 5.74) is 0.813. The molecule has 6 nitrogen and oxygen atoms in total. The summed E-state index contributed by atoms with van der Waals surface area (Å²) in [6, 6.07) is 8.69. The summed E-state index contributed by atoms with van der Waals surface area (Å²) in [7, 11) is 0. The van der Waals surface area contributed by atoms with Crippen LogP contribution < -0.4 is 5.32 Å². The van der Waals surface area contributed by atoms with Gasteiger partial charge >= 0.3 is 0 Å². The zero-order valence-electron chi connectivity index (χ0n) is 9.83. The Hall–Kier alpha value is -2.21. The number of aliphatic hydroxyl groups excluding tert-OH is 1. The molecule has 18 heavy (non-hydrogen) atoms. The van der Waals surface area contributed by atoms with Crippen molar-refractivity contribution in [3.63, 3.8) is 0 Å². The molecule has 0 saturated heterocycles. The molecule has 1 unspecified atom stereocenters. The van der Waals surface area contributed by atoms with Gasteiger partial charge in [0.25, 0.3) is 11.7 Å². The summed E-state index contributed by atoms with van der Waals surface area (Å²) in [4.78, 5) is 15.6. The molecule has 0 saturated carbocycles. The lowest BCUT2D eigenvalue weighted by Gasteiger charge is -2.15. The first kappa shape index (κ1) is 12.3. The first-order chi connectivity index (χ1) is 8.70. The molecule has 2 N–H and O–H groups in total. The van der Waals surface area contributed by atoms with Crippen molar-refractivity contribution in [1.29, 1.82) is 0 Å². The number of carbonyl (C=O) groups excluding carboxylic acids is 1. The molecule has 0 radical (unpaired) electrons. The molecule has 0 aliphatic heterocycles. The van der Waals surface area contributed by atoms with Gasteiger partial charge in [0, 0.05) is 6.92 Å². The minimum absolute atomic E-state index is 0.0399. The van der Waals surface area contributed by atoms with Crippen LogP contribution >= 0.6 is 0 Å². The molecule has 1 atom stereocenters. The third-order valence-electron chi connectivity index (χ3n) is 2.42. The van der Waals surface area contributed by atoms with Crippen LogP contribution in [0.5, 0.6) is 0 Å². The van der Waals surface area contributed by atoms with Crippen LogP contribution in [-0.4, -0.2) is 27.8 Å². The lowest BCUT2D eigenvalue weighted by molar-refractivity contribution is 0.0902. The van der Waals surface area contributed by atoms with Crippen molar-refractivity contribution in [2.75, 3.05) is 6.61 Å². The van der Waals surface area contributed by atoms with E-state index in [0.29, 0.717) is 5.89 Å². The molecule has 1 heterocycles. The van der Waals surface area contributed by atoms with Gasteiger partial charge in [0.1, 0.15) is 0 Å². The molecule has 1 aromatic heterocycles. The monoisotopic (exact) mass is 247 g/mol. The van der Waals surface area contributed by atoms with Crippen LogP contribution in [0.15, 0.2) is 34.9 Å². The minimum Gasteiger partial charge on any atom is -0.394 e. The summed E-state index contributed by atoms with van der Waals surface area (Å²) in [6.07, 6.45) is 0. The van der Waals surface area contributed by atoms with Gasteiger partial charge in [-0.1, -0.05) is 35.5 Å². The molecule has 2 aromatic rings. The van der Waals surface area contributed by atoms with Crippen molar-refractivity contribution in [3.05, 3.63) is 47.6 Å². The number of rotatable bonds is 4. The smallest absolute Gasteiger partial charge is 0.293 e. The Labute approximate surface area is 104 Å². The number of amides is 1. The van der Waals surface area contributed by atoms with Crippen molar-refractivity contribution < 1.29 is 14.4 Å². The number of benzene rings is 1. The van der Waals surface area contributed by atoms with Gasteiger partial charge in [-0.2, -0.15) is 4.98 Å². The molecule has 0 spiro atoms. The van der Waals surface area contributed by atoms with Crippen molar-refractivity contribution in [1.82, 2.24) is 15.5 Å². The highest BCUT2D eigenvalue weighted by Crippen LogP contribution is 2.12. The molecular weight excluding hydrogens is 234 g/mol. The van der Waals surface area contributed by atoms with E-state index < -0.39 is 11.9 Å². The number of hydrogen-bond acceptors (Lipinski definition) is 5. The fourth-order valence-corrected chi connectivity index (χ4v) is 1.53. The lowest BCUT2D eigenvalue weighted by Crippen LogP contribution is -2.31. The van der Waals surface area contributed by atoms with Crippen LogP contribution in [0.2, 0.25) is 0 Å². The summed E-state index contributed by atoms with van der Waals surface area (Å²) in [6.45, 7) is 1.40. The minimum atomic E-state index is -0.488. The maximum atomic E-state index is 11.8. The van der Waals surface area contributed by atoms with Crippen molar-refractivity contribution in [2.24, 2.45) is 0 Å². The normalized spacial score (nSPS) is 12.1. The summed E-state index contributed by atoms with van der Waals surface area (Å²) < 4.78 is 4.72. The number of hydrogen-bond donors (Lipinski definition) is 2. The highest BCUT2D eigenvalue weighted by molar-refractivity contribution is 5.90. The Balaban J connectivity index is 2.10. The second-order valence-electron chi connectivity index (χ2n) is 3.76. The number of carbonyl (C=O) groups is 1. The van der Waals surface area contributed by atoms with E-state index in [-0.39, 0.29) is 12.4 Å². The van der Waals surface area contributed by atoms with Gasteiger partial charge in [-0.3, -0.25) is 4.79 Å². The predicted octanol–water partition coefficient (Wildman–Crippen LogP) is 0.841. The van der Waals surface area contributed by atoms with Crippen LogP contribution in [0, 0.1) is 6.92 Å². The van der Waals surface area contributed by atoms with Crippen LogP contribution in [0.25, 0.3) is 0 Å². The van der Waals surface area contributed by atoms with Gasteiger partial charge in [0.15, 0.2) is 0 Å². The average Bonchev–Trinajstić information content (AvgIpc) is 2.83. The van der Waals surface area contributed by atoms with E-state index in [2.05, 4.69) is 15.5 Å². The number of nitrogens with zero attached hydrogens (tertiary/aromatic N) is 2. The van der Waals surface area contributed by atoms with E-state index in [1.165, 1.54) is 0 Å². The Morgan fingerprint density at radius 1 is 1.44 bits per heavy atom. The molecule has 0 bridgehead atoms. The molecule has 2 rings (SSSR count). The second-order valence-corrected chi connectivity index (χ2v) is 3.76. The van der Waals surface area contributed by atoms with Gasteiger partial charge in [-0.25, -0.2) is 0 Å². The predicted molar refractivity (Wildman–Crippen MR) is 62.8 cm³/mol. The van der Waals surface area contributed by atoms with E-state index in [1.807, 2.05) is 30.3 Å². The van der Waals surface area contributed by atoms with Crippen LogP contribution in [-0.2, 0) is 0 Å². The average molecular weight is 247 g/mol. The standard InChI is InChI=1S/C12H13N3O3/c1-8-13-11(15-18-8)12(17)14-10(7-16)9-5-3-2-4-6-9/h2-6,10,16H,7H2,1H3,(H,14,17). The third-order valence-corrected chi connectivity index (χ3v) is 2.42. The zero-order valence-corrected chi connectivity index (χ0v) is 9.83. The quantitative estimate of drug-likeness (QED) is 0.835. The molecule has 6 heteroatoms. The van der Waals surface area contributed by atoms with Crippen LogP contribution in [0.1, 0.15) is 28.1 Å². The Morgan fingerprint density at radius 3 is 2.72 bits per heavy atom. The van der Waals surface area contributed by atoms with E-state index in [4.69, 9.17) is 4.52 Å². The van der Waals surface area contributed by atoms with Crippen molar-refractivity contribution >= 4 is 5.91 Å². The van der Waals surface area contributed by atoms with E-state index in [1.54, 1.807) is 6.92 Å². The highest BCUT2D eigenvalue weighted by atomic mass is 16.5. The van der Waals surface area contributed by atoms with Crippen molar-refractivity contribution in [3.8, 4) is 0 Å². The zero-order chi connectivity index (χ0) is 13.0. The summed E-state index contributed by atoms with van der Waals surface area (Å²) >= 11 is 0. The maximum Gasteiger partial charge on any atom is 0.293 e. The largest absolute Gasteiger partial charge is 0.394 e. The molecule has 94 valence electrons. The van der Waals surface area contributed by atoms with Gasteiger partial charge in [-0.05, 0) is 5.56 Å². The van der Waals surface area contributed by atoms with Crippen molar-refractivity contribution in [2.45, 2.75) is 13.0 Å². The lowest BCUT2D eigenvalue weighted by atomic mass is 10.1. The molecular formula is C12H13N3O3. The van der Waals surface area contributed by atoms with Gasteiger partial charge in [0.05, 0.1) is 12.6 Å². The summed E-state index contributed by atoms with van der Waals surface area (Å²) in [5.74, 6) is -0.197. The summed E-state index contributed by atoms with van der Waals surface area (Å²) in [5, 5.41) is 15.5. The molecule has 0 aliphatic rings. The third kappa shape index (κ3) is 2.72. The SMILES string of the molecule is Cc1nc(C(=O)NC(CO)c2ccccc2)no1. The van der Waals surface area contributed by atoms with Crippen LogP contribution in [0.3, 0.4) is 0 Å². The first-order valence-corrected chi connectivity index (χ1v) is 5.47. The number of aryl methyl sites for hydroxylation is 1. The maximum absolute atomic E-state index is 11.8. The second kappa shape index (κ2) is 5.42.